The Kier molecular flexibility index (Phi) is 4.25. The quantitative estimate of drug-likeness (QED) is 0.793. The van der Waals surface area contributed by atoms with E-state index in [0.29, 0.717) is 5.75 Å². The molecule has 0 heterocycles. The lowest BCUT2D eigenvalue weighted by atomic mass is 10.2. The Morgan fingerprint density at radius 3 is 2.88 bits per heavy atom. The molecule has 0 radical (unpaired) electrons. The van der Waals surface area contributed by atoms with Crippen molar-refractivity contribution in [2.24, 2.45) is 0 Å². The number of ether oxygens (including phenoxy) is 1. The van der Waals surface area contributed by atoms with Crippen molar-refractivity contribution in [1.82, 2.24) is 5.32 Å². The molecule has 4 nitrogen and oxygen atoms in total. The van der Waals surface area contributed by atoms with E-state index in [-0.39, 0.29) is 6.61 Å². The Balaban J connectivity index is 2.66. The Hall–Kier alpha value is -1.62. The molecule has 0 spiro atoms. The molecule has 1 unspecified atom stereocenters. The number of nitrogens with one attached hydrogen (secondary N) is 1. The van der Waals surface area contributed by atoms with Gasteiger partial charge in [-0.25, -0.2) is 4.39 Å². The van der Waals surface area contributed by atoms with Crippen LogP contribution in [0.2, 0.25) is 0 Å². The molecule has 1 aromatic carbocycles. The van der Waals surface area contributed by atoms with Crippen LogP contribution in [0.4, 0.5) is 4.39 Å². The van der Waals surface area contributed by atoms with Gasteiger partial charge in [0, 0.05) is 6.07 Å². The Labute approximate surface area is 93.0 Å². The molecule has 0 amide bonds. The number of carbonyl (C=O) groups is 1. The Morgan fingerprint density at radius 2 is 2.31 bits per heavy atom. The van der Waals surface area contributed by atoms with Gasteiger partial charge in [-0.2, -0.15) is 0 Å². The summed E-state index contributed by atoms with van der Waals surface area (Å²) in [6.07, 6.45) is 0. The van der Waals surface area contributed by atoms with Crippen LogP contribution < -0.4 is 10.1 Å². The molecule has 5 heteroatoms. The molecule has 2 N–H and O–H groups in total. The largest absolute Gasteiger partial charge is 0.491 e. The highest BCUT2D eigenvalue weighted by molar-refractivity contribution is 5.73. The first-order valence-electron chi connectivity index (χ1n) is 4.83. The van der Waals surface area contributed by atoms with E-state index in [1.807, 2.05) is 0 Å². The fourth-order valence-electron chi connectivity index (χ4n) is 1.18. The summed E-state index contributed by atoms with van der Waals surface area (Å²) >= 11 is 0. The topological polar surface area (TPSA) is 58.6 Å². The molecular weight excluding hydrogens is 213 g/mol. The molecular formula is C11H14FNO3. The molecule has 1 atom stereocenters. The lowest BCUT2D eigenvalue weighted by molar-refractivity contribution is -0.140. The normalized spacial score (nSPS) is 12.2. The number of aryl methyl sites for hydroxylation is 1. The first-order chi connectivity index (χ1) is 7.54. The molecule has 0 saturated carbocycles. The van der Waals surface area contributed by atoms with E-state index >= 15 is 0 Å². The highest BCUT2D eigenvalue weighted by atomic mass is 19.1. The lowest BCUT2D eigenvalue weighted by Gasteiger charge is -2.14. The minimum absolute atomic E-state index is 0.0455. The summed E-state index contributed by atoms with van der Waals surface area (Å²) in [5, 5.41) is 11.3. The fourth-order valence-corrected chi connectivity index (χ4v) is 1.18. The van der Waals surface area contributed by atoms with E-state index in [9.17, 15) is 9.18 Å². The summed E-state index contributed by atoms with van der Waals surface area (Å²) in [7, 11) is 1.53. The number of rotatable bonds is 5. The van der Waals surface area contributed by atoms with Crippen LogP contribution in [0, 0.1) is 12.7 Å². The van der Waals surface area contributed by atoms with Crippen molar-refractivity contribution in [3.63, 3.8) is 0 Å². The predicted octanol–water partition coefficient (Wildman–Crippen LogP) is 1.19. The molecule has 0 aliphatic carbocycles. The van der Waals surface area contributed by atoms with Crippen molar-refractivity contribution >= 4 is 5.97 Å². The summed E-state index contributed by atoms with van der Waals surface area (Å²) in [6.45, 7) is 1.72. The van der Waals surface area contributed by atoms with E-state index in [4.69, 9.17) is 9.84 Å². The third-order valence-corrected chi connectivity index (χ3v) is 2.20. The number of benzene rings is 1. The average Bonchev–Trinajstić information content (AvgIpc) is 2.23. The van der Waals surface area contributed by atoms with Crippen LogP contribution in [-0.2, 0) is 4.79 Å². The first kappa shape index (κ1) is 12.4. The van der Waals surface area contributed by atoms with Gasteiger partial charge in [0.1, 0.15) is 24.2 Å². The molecule has 16 heavy (non-hydrogen) atoms. The monoisotopic (exact) mass is 227 g/mol. The maximum absolute atomic E-state index is 12.9. The third kappa shape index (κ3) is 3.20. The predicted molar refractivity (Wildman–Crippen MR) is 57.1 cm³/mol. The Bertz CT molecular complexity index is 381. The SMILES string of the molecule is CNC(COc1cc(F)ccc1C)C(=O)O. The molecule has 0 saturated heterocycles. The van der Waals surface area contributed by atoms with Crippen molar-refractivity contribution in [1.29, 1.82) is 0 Å². The maximum Gasteiger partial charge on any atom is 0.324 e. The van der Waals surface area contributed by atoms with E-state index < -0.39 is 17.8 Å². The molecule has 1 aromatic rings. The second-order valence-corrected chi connectivity index (χ2v) is 3.40. The summed E-state index contributed by atoms with van der Waals surface area (Å²) in [4.78, 5) is 10.7. The van der Waals surface area contributed by atoms with Gasteiger partial charge in [0.25, 0.3) is 0 Å². The minimum Gasteiger partial charge on any atom is -0.491 e. The van der Waals surface area contributed by atoms with Crippen LogP contribution in [0.15, 0.2) is 18.2 Å². The first-order valence-corrected chi connectivity index (χ1v) is 4.83. The van der Waals surface area contributed by atoms with Crippen LogP contribution in [-0.4, -0.2) is 30.8 Å². The fraction of sp³-hybridized carbons (Fsp3) is 0.364. The second-order valence-electron chi connectivity index (χ2n) is 3.40. The van der Waals surface area contributed by atoms with Gasteiger partial charge in [-0.15, -0.1) is 0 Å². The van der Waals surface area contributed by atoms with Crippen LogP contribution in [0.5, 0.6) is 5.75 Å². The lowest BCUT2D eigenvalue weighted by Crippen LogP contribution is -2.39. The molecule has 0 fully saturated rings. The van der Waals surface area contributed by atoms with Crippen LogP contribution >= 0.6 is 0 Å². The van der Waals surface area contributed by atoms with Gasteiger partial charge < -0.3 is 15.2 Å². The van der Waals surface area contributed by atoms with Crippen LogP contribution in [0.25, 0.3) is 0 Å². The second kappa shape index (κ2) is 5.46. The van der Waals surface area contributed by atoms with E-state index in [1.165, 1.54) is 19.2 Å². The third-order valence-electron chi connectivity index (χ3n) is 2.20. The van der Waals surface area contributed by atoms with E-state index in [2.05, 4.69) is 5.32 Å². The van der Waals surface area contributed by atoms with Crippen molar-refractivity contribution in [2.75, 3.05) is 13.7 Å². The summed E-state index contributed by atoms with van der Waals surface area (Å²) < 4.78 is 18.1. The van der Waals surface area contributed by atoms with Crippen molar-refractivity contribution in [3.8, 4) is 5.75 Å². The van der Waals surface area contributed by atoms with Gasteiger partial charge in [-0.05, 0) is 25.6 Å². The Morgan fingerprint density at radius 1 is 1.62 bits per heavy atom. The molecule has 0 aliphatic rings. The highest BCUT2D eigenvalue weighted by Gasteiger charge is 2.15. The van der Waals surface area contributed by atoms with Crippen LogP contribution in [0.1, 0.15) is 5.56 Å². The van der Waals surface area contributed by atoms with Gasteiger partial charge in [0.2, 0.25) is 0 Å². The zero-order chi connectivity index (χ0) is 12.1. The molecule has 1 rings (SSSR count). The van der Waals surface area contributed by atoms with Gasteiger partial charge in [-0.1, -0.05) is 6.07 Å². The number of hydrogen-bond donors (Lipinski definition) is 2. The average molecular weight is 227 g/mol. The molecule has 0 aromatic heterocycles. The van der Waals surface area contributed by atoms with Gasteiger partial charge in [0.05, 0.1) is 0 Å². The number of aliphatic carboxylic acids is 1. The number of carboxylic acid groups (broad SMARTS) is 1. The number of likely N-dealkylation sites (N-methyl/N-ethyl adjacent to an activating group) is 1. The number of hydrogen-bond acceptors (Lipinski definition) is 3. The van der Waals surface area contributed by atoms with Crippen molar-refractivity contribution < 1.29 is 19.0 Å². The summed E-state index contributed by atoms with van der Waals surface area (Å²) in [6, 6.07) is 3.35. The van der Waals surface area contributed by atoms with Crippen molar-refractivity contribution in [2.45, 2.75) is 13.0 Å². The van der Waals surface area contributed by atoms with Gasteiger partial charge >= 0.3 is 5.97 Å². The van der Waals surface area contributed by atoms with E-state index in [0.717, 1.165) is 5.56 Å². The molecule has 0 bridgehead atoms. The molecule has 88 valence electrons. The van der Waals surface area contributed by atoms with Gasteiger partial charge in [0.15, 0.2) is 0 Å². The van der Waals surface area contributed by atoms with Crippen molar-refractivity contribution in [3.05, 3.63) is 29.6 Å². The zero-order valence-electron chi connectivity index (χ0n) is 9.16. The van der Waals surface area contributed by atoms with Gasteiger partial charge in [-0.3, -0.25) is 4.79 Å². The standard InChI is InChI=1S/C11H14FNO3/c1-7-3-4-8(12)5-10(7)16-6-9(13-2)11(14)15/h3-5,9,13H,6H2,1-2H3,(H,14,15). The number of halogens is 1. The minimum atomic E-state index is -1.00. The summed E-state index contributed by atoms with van der Waals surface area (Å²) in [5.41, 5.74) is 0.765. The highest BCUT2D eigenvalue weighted by Crippen LogP contribution is 2.18. The van der Waals surface area contributed by atoms with E-state index in [1.54, 1.807) is 13.0 Å². The zero-order valence-corrected chi connectivity index (χ0v) is 9.16. The van der Waals surface area contributed by atoms with Crippen LogP contribution in [0.3, 0.4) is 0 Å². The maximum atomic E-state index is 12.9. The summed E-state index contributed by atoms with van der Waals surface area (Å²) in [5.74, 6) is -1.05. The molecule has 0 aliphatic heterocycles. The number of carboxylic acids is 1. The smallest absolute Gasteiger partial charge is 0.324 e.